The number of fused-ring (bicyclic) bond motifs is 7. The van der Waals surface area contributed by atoms with Crippen LogP contribution in [0, 0.1) is 50.2 Å². The smallest absolute Gasteiger partial charge is 0.335 e. The van der Waals surface area contributed by atoms with E-state index in [-0.39, 0.29) is 25.2 Å². The zero-order chi connectivity index (χ0) is 85.5. The zero-order valence-corrected chi connectivity index (χ0v) is 66.3. The van der Waals surface area contributed by atoms with Gasteiger partial charge in [0.1, 0.15) is 164 Å². The summed E-state index contributed by atoms with van der Waals surface area (Å²) in [6.45, 7) is 13.1. The van der Waals surface area contributed by atoms with Crippen molar-refractivity contribution in [3.05, 3.63) is 11.6 Å². The number of aliphatic hydroxyl groups excluding tert-OH is 21. The van der Waals surface area contributed by atoms with Crippen molar-refractivity contribution in [3.8, 4) is 0 Å². The van der Waals surface area contributed by atoms with E-state index in [1.807, 2.05) is 13.8 Å². The molecule has 0 radical (unpaired) electrons. The Morgan fingerprint density at radius 2 is 0.906 bits per heavy atom. The number of carboxylic acid groups (broad SMARTS) is 1. The van der Waals surface area contributed by atoms with Crippen LogP contribution >= 0.6 is 0 Å². The van der Waals surface area contributed by atoms with E-state index in [0.717, 1.165) is 11.9 Å². The number of aliphatic carboxylic acids is 1. The highest BCUT2D eigenvalue weighted by Gasteiger charge is 2.74. The van der Waals surface area contributed by atoms with E-state index in [1.54, 1.807) is 6.92 Å². The van der Waals surface area contributed by atoms with Crippen molar-refractivity contribution < 1.29 is 203 Å². The molecular weight excluding hydrogens is 1570 g/mol. The summed E-state index contributed by atoms with van der Waals surface area (Å²) in [5.74, 6) is -4.43. The lowest BCUT2D eigenvalue weighted by molar-refractivity contribution is -0.403. The van der Waals surface area contributed by atoms with E-state index < -0.39 is 328 Å². The van der Waals surface area contributed by atoms with Gasteiger partial charge < -0.3 is 193 Å². The molecule has 117 heavy (non-hydrogen) atoms. The maximum Gasteiger partial charge on any atom is 0.335 e. The SMILES string of the molecule is C[C@@H]1O[C@@H](O[C@H]2[C@@H](O)[C@@H](C)O[C@@H](OC(=O)[C@]34CCC(C)(C)C[C@H]3C3=CC[C@@H]5[C@@]6(C)CC[C@H](O[C@@H]7O[C@H](C(=O)O)[C@@H](O)[C@H](O[C@@H]8OC[C@@H](O)[C@H](O)[C@H]8O)[C@H]7O[C@@H]7O[C@H](CO)[C@H](O)[C@H](O)[C@H]7O)[C@@](C)(C=O)[C@@H]6CC[C@@]5(C)[C@]3(C)C[C@H]4O)[C@@H]2O[C@@H]2O[C@@H](C)[C@H](O[C@@H]3OC[C@@H](O)[C@H](O)[C@H]3O)[C@@H](O[C@@H]3O[C@H](CO)[C@@H](O)[C@H](O)[C@H]3O)[C@H]2O)[C@H](O)[C@H](O)[C@H]1O. The van der Waals surface area contributed by atoms with Gasteiger partial charge in [-0.15, -0.1) is 0 Å². The standard InChI is InChI=1S/C76H120O41/c1-25-38(83)44(89)49(94)64(104-25)112-55-39(84)26(2)105-68(59(55)116-67-53(98)57(113-65-50(95)45(90)42(87)32(20-77)107-65)54(27(3)106-67)110-62-47(92)40(85)30(80)22-102-62)117-70(101)76-17-16-71(4,5)18-29(76)28-10-11-35-72(6)14-13-37(73(7,24-79)34(72)12-15-74(35,8)75(28,9)19-36(76)82)109-69-60(115-66-51(96)46(91)43(88)33(21-78)108-66)56(52(97)58(114-69)61(99)100)111-63-48(93)41(86)31(81)23-103-63/h10,24-27,29-60,62-69,77-78,80-98H,11-23H2,1-9H3,(H,99,100)/t25-,26+,27-,29-,30+,31+,32+,33+,34+,35+,36+,37-,38-,39-,40-,41-,42+,43-,44+,45-,46-,47+,48+,49+,50+,51+,52-,53+,54-,55-,56-,57-,58-,59+,60+,62-,63-,64-,65-,66-,67-,68-,69+,72-,73-,74+,75+,76+/m0/s1. The van der Waals surface area contributed by atoms with Crippen LogP contribution in [0.5, 0.6) is 0 Å². The van der Waals surface area contributed by atoms with Crippen LogP contribution in [0.4, 0.5) is 0 Å². The number of esters is 1. The molecule has 8 aliphatic heterocycles. The molecule has 0 aromatic carbocycles. The monoisotopic (exact) mass is 1690 g/mol. The van der Waals surface area contributed by atoms with Crippen LogP contribution in [0.2, 0.25) is 0 Å². The van der Waals surface area contributed by atoms with Crippen molar-refractivity contribution in [2.45, 2.75) is 366 Å². The number of carbonyl (C=O) groups is 3. The van der Waals surface area contributed by atoms with Crippen molar-refractivity contribution in [2.75, 3.05) is 26.4 Å². The zero-order valence-electron chi connectivity index (χ0n) is 66.3. The van der Waals surface area contributed by atoms with E-state index in [1.165, 1.54) is 20.8 Å². The lowest BCUT2D eigenvalue weighted by atomic mass is 9.33. The number of rotatable bonds is 20. The number of aliphatic hydroxyl groups is 21. The number of allylic oxidation sites excluding steroid dienone is 2. The second kappa shape index (κ2) is 34.7. The lowest BCUT2D eigenvalue weighted by Crippen LogP contribution is -2.70. The van der Waals surface area contributed by atoms with Gasteiger partial charge in [0.25, 0.3) is 0 Å². The molecule has 0 spiro atoms. The Morgan fingerprint density at radius 3 is 1.45 bits per heavy atom. The molecule has 41 heteroatoms. The first kappa shape index (κ1) is 91.6. The van der Waals surface area contributed by atoms with Crippen LogP contribution in [0.25, 0.3) is 0 Å². The number of aldehydes is 1. The minimum absolute atomic E-state index is 0.0190. The predicted octanol–water partition coefficient (Wildman–Crippen LogP) is -8.14. The van der Waals surface area contributed by atoms with Gasteiger partial charge >= 0.3 is 11.9 Å². The Balaban J connectivity index is 0.809. The third-order valence-electron chi connectivity index (χ3n) is 28.9. The number of ether oxygens (including phenoxy) is 16. The fourth-order valence-corrected chi connectivity index (χ4v) is 21.6. The quantitative estimate of drug-likeness (QED) is 0.0233. The van der Waals surface area contributed by atoms with Crippen molar-refractivity contribution in [1.29, 1.82) is 0 Å². The van der Waals surface area contributed by atoms with E-state index in [9.17, 15) is 122 Å². The summed E-state index contributed by atoms with van der Waals surface area (Å²) in [4.78, 5) is 43.9. The minimum Gasteiger partial charge on any atom is -0.479 e. The van der Waals surface area contributed by atoms with E-state index in [4.69, 9.17) is 75.8 Å². The largest absolute Gasteiger partial charge is 0.479 e. The fourth-order valence-electron chi connectivity index (χ4n) is 21.6. The van der Waals surface area contributed by atoms with Crippen LogP contribution in [0.15, 0.2) is 11.6 Å². The molecule has 0 amide bonds. The van der Waals surface area contributed by atoms with Gasteiger partial charge in [0.05, 0.1) is 62.4 Å². The molecule has 4 saturated carbocycles. The highest BCUT2D eigenvalue weighted by atomic mass is 16.8. The minimum atomic E-state index is -2.25. The summed E-state index contributed by atoms with van der Waals surface area (Å²) in [5, 5.41) is 245. The molecule has 13 aliphatic rings. The molecule has 8 heterocycles. The Morgan fingerprint density at radius 1 is 0.444 bits per heavy atom. The molecule has 12 fully saturated rings. The normalized spacial score (nSPS) is 55.3. The molecule has 41 nitrogen and oxygen atoms in total. The molecule has 670 valence electrons. The summed E-state index contributed by atoms with van der Waals surface area (Å²) in [5.41, 5.74) is -5.46. The molecule has 22 N–H and O–H groups in total. The van der Waals surface area contributed by atoms with Gasteiger partial charge in [0, 0.05) is 0 Å². The van der Waals surface area contributed by atoms with Gasteiger partial charge in [-0.3, -0.25) is 4.79 Å². The Bertz CT molecular complexity index is 3450. The predicted molar refractivity (Wildman–Crippen MR) is 379 cm³/mol. The van der Waals surface area contributed by atoms with Gasteiger partial charge in [-0.25, -0.2) is 4.79 Å². The molecule has 5 aliphatic carbocycles. The Hall–Kier alpha value is -3.09. The van der Waals surface area contributed by atoms with Crippen LogP contribution in [0.3, 0.4) is 0 Å². The van der Waals surface area contributed by atoms with Gasteiger partial charge in [0.15, 0.2) is 56.2 Å². The lowest BCUT2D eigenvalue weighted by Gasteiger charge is -2.71. The average Bonchev–Trinajstić information content (AvgIpc) is 0.669. The van der Waals surface area contributed by atoms with Crippen molar-refractivity contribution >= 4 is 18.2 Å². The molecule has 48 atom stereocenters. The maximum absolute atomic E-state index is 16.4. The van der Waals surface area contributed by atoms with Crippen LogP contribution < -0.4 is 0 Å². The summed E-state index contributed by atoms with van der Waals surface area (Å²) < 4.78 is 98.2. The first-order valence-electron chi connectivity index (χ1n) is 40.4. The highest BCUT2D eigenvalue weighted by Crippen LogP contribution is 2.76. The van der Waals surface area contributed by atoms with E-state index in [2.05, 4.69) is 26.8 Å². The van der Waals surface area contributed by atoms with Crippen LogP contribution in [-0.4, -0.2) is 403 Å². The summed E-state index contributed by atoms with van der Waals surface area (Å²) in [6, 6.07) is 0. The first-order chi connectivity index (χ1) is 54.9. The maximum atomic E-state index is 16.4. The summed E-state index contributed by atoms with van der Waals surface area (Å²) in [6.07, 6.45) is -69.5. The number of carboxylic acids is 1. The van der Waals surface area contributed by atoms with Gasteiger partial charge in [-0.1, -0.05) is 53.2 Å². The third kappa shape index (κ3) is 16.0. The average molecular weight is 1690 g/mol. The summed E-state index contributed by atoms with van der Waals surface area (Å²) >= 11 is 0. The molecule has 0 bridgehead atoms. The molecule has 0 unspecified atom stereocenters. The van der Waals surface area contributed by atoms with Gasteiger partial charge in [-0.05, 0) is 118 Å². The number of carbonyl (C=O) groups excluding carboxylic acids is 2. The summed E-state index contributed by atoms with van der Waals surface area (Å²) in [7, 11) is 0. The van der Waals surface area contributed by atoms with Crippen molar-refractivity contribution in [1.82, 2.24) is 0 Å². The molecule has 0 aromatic rings. The highest BCUT2D eigenvalue weighted by molar-refractivity contribution is 5.80. The van der Waals surface area contributed by atoms with Gasteiger partial charge in [-0.2, -0.15) is 0 Å². The van der Waals surface area contributed by atoms with E-state index in [0.29, 0.717) is 38.5 Å². The molecule has 13 rings (SSSR count). The Kier molecular flexibility index (Phi) is 27.2. The Labute approximate surface area is 672 Å². The topological polar surface area (TPSA) is 644 Å². The molecule has 8 saturated heterocycles. The van der Waals surface area contributed by atoms with Crippen molar-refractivity contribution in [3.63, 3.8) is 0 Å². The molecule has 0 aromatic heterocycles. The van der Waals surface area contributed by atoms with Crippen LogP contribution in [0.1, 0.15) is 120 Å². The van der Waals surface area contributed by atoms with Gasteiger partial charge in [0.2, 0.25) is 6.29 Å². The number of hydrogen-bond donors (Lipinski definition) is 22. The van der Waals surface area contributed by atoms with E-state index >= 15 is 4.79 Å². The van der Waals surface area contributed by atoms with Crippen molar-refractivity contribution in [2.24, 2.45) is 50.2 Å². The fraction of sp³-hybridized carbons (Fsp3) is 0.934. The first-order valence-corrected chi connectivity index (χ1v) is 40.4. The van der Waals surface area contributed by atoms with Crippen LogP contribution in [-0.2, 0) is 90.2 Å². The molecular formula is C76H120O41. The third-order valence-corrected chi connectivity index (χ3v) is 28.9. The number of hydrogen-bond acceptors (Lipinski definition) is 40. The second-order valence-corrected chi connectivity index (χ2v) is 36.4. The second-order valence-electron chi connectivity index (χ2n) is 36.4.